The van der Waals surface area contributed by atoms with Crippen LogP contribution in [0.25, 0.3) is 0 Å². The highest BCUT2D eigenvalue weighted by Crippen LogP contribution is 2.20. The van der Waals surface area contributed by atoms with Gasteiger partial charge in [0.05, 0.1) is 0 Å². The quantitative estimate of drug-likeness (QED) is 0.760. The molecule has 2 heteroatoms. The van der Waals surface area contributed by atoms with Crippen LogP contribution in [0.1, 0.15) is 56.7 Å². The third-order valence-corrected chi connectivity index (χ3v) is 3.06. The number of hydrogen-bond donors (Lipinski definition) is 2. The van der Waals surface area contributed by atoms with E-state index in [0.717, 1.165) is 19.4 Å². The Kier molecular flexibility index (Phi) is 6.23. The molecule has 0 aliphatic rings. The number of aliphatic hydroxyl groups is 1. The van der Waals surface area contributed by atoms with E-state index in [4.69, 9.17) is 5.11 Å². The topological polar surface area (TPSA) is 32.3 Å². The average molecular weight is 235 g/mol. The monoisotopic (exact) mass is 235 g/mol. The summed E-state index contributed by atoms with van der Waals surface area (Å²) >= 11 is 0. The molecular weight excluding hydrogens is 210 g/mol. The Balaban J connectivity index is 2.72. The molecular formula is C15H25NO. The van der Waals surface area contributed by atoms with Crippen molar-refractivity contribution in [3.05, 3.63) is 35.4 Å². The second-order valence-electron chi connectivity index (χ2n) is 4.84. The normalized spacial score (nSPS) is 13.0. The SMILES string of the molecule is CCCNC(CCO)c1ccc(C(C)C)cc1. The van der Waals surface area contributed by atoms with E-state index in [-0.39, 0.29) is 12.6 Å². The van der Waals surface area contributed by atoms with Gasteiger partial charge in [-0.2, -0.15) is 0 Å². The molecule has 0 radical (unpaired) electrons. The van der Waals surface area contributed by atoms with Gasteiger partial charge in [0, 0.05) is 12.6 Å². The summed E-state index contributed by atoms with van der Waals surface area (Å²) in [7, 11) is 0. The second-order valence-corrected chi connectivity index (χ2v) is 4.84. The van der Waals surface area contributed by atoms with Crippen LogP contribution in [0, 0.1) is 0 Å². The molecule has 1 unspecified atom stereocenters. The Morgan fingerprint density at radius 2 is 1.71 bits per heavy atom. The molecule has 2 nitrogen and oxygen atoms in total. The van der Waals surface area contributed by atoms with Gasteiger partial charge in [-0.1, -0.05) is 45.0 Å². The van der Waals surface area contributed by atoms with Crippen LogP contribution in [0.5, 0.6) is 0 Å². The van der Waals surface area contributed by atoms with Crippen molar-refractivity contribution in [2.75, 3.05) is 13.2 Å². The first-order valence-electron chi connectivity index (χ1n) is 6.63. The summed E-state index contributed by atoms with van der Waals surface area (Å²) < 4.78 is 0. The number of aliphatic hydroxyl groups excluding tert-OH is 1. The van der Waals surface area contributed by atoms with Crippen molar-refractivity contribution in [1.29, 1.82) is 0 Å². The fraction of sp³-hybridized carbons (Fsp3) is 0.600. The van der Waals surface area contributed by atoms with E-state index in [2.05, 4.69) is 50.4 Å². The minimum atomic E-state index is 0.229. The molecule has 1 atom stereocenters. The van der Waals surface area contributed by atoms with Gasteiger partial charge >= 0.3 is 0 Å². The van der Waals surface area contributed by atoms with E-state index in [1.54, 1.807) is 0 Å². The summed E-state index contributed by atoms with van der Waals surface area (Å²) in [4.78, 5) is 0. The Bertz CT molecular complexity index is 305. The van der Waals surface area contributed by atoms with Gasteiger partial charge in [-0.15, -0.1) is 0 Å². The lowest BCUT2D eigenvalue weighted by Gasteiger charge is -2.18. The van der Waals surface area contributed by atoms with E-state index >= 15 is 0 Å². The molecule has 0 heterocycles. The van der Waals surface area contributed by atoms with Crippen molar-refractivity contribution in [3.63, 3.8) is 0 Å². The maximum absolute atomic E-state index is 9.10. The fourth-order valence-corrected chi connectivity index (χ4v) is 1.95. The first-order chi connectivity index (χ1) is 8.19. The van der Waals surface area contributed by atoms with Gasteiger partial charge < -0.3 is 10.4 Å². The van der Waals surface area contributed by atoms with Crippen molar-refractivity contribution >= 4 is 0 Å². The lowest BCUT2D eigenvalue weighted by Crippen LogP contribution is -2.23. The molecule has 0 saturated carbocycles. The molecule has 96 valence electrons. The van der Waals surface area contributed by atoms with Crippen LogP contribution in [0.15, 0.2) is 24.3 Å². The van der Waals surface area contributed by atoms with Gasteiger partial charge in [0.2, 0.25) is 0 Å². The first-order valence-corrected chi connectivity index (χ1v) is 6.63. The highest BCUT2D eigenvalue weighted by Gasteiger charge is 2.10. The molecule has 1 rings (SSSR count). The lowest BCUT2D eigenvalue weighted by molar-refractivity contribution is 0.265. The van der Waals surface area contributed by atoms with Gasteiger partial charge in [0.15, 0.2) is 0 Å². The van der Waals surface area contributed by atoms with E-state index in [1.807, 2.05) is 0 Å². The maximum atomic E-state index is 9.10. The summed E-state index contributed by atoms with van der Waals surface area (Å²) in [5, 5.41) is 12.6. The van der Waals surface area contributed by atoms with Gasteiger partial charge in [-0.25, -0.2) is 0 Å². The lowest BCUT2D eigenvalue weighted by atomic mass is 9.98. The van der Waals surface area contributed by atoms with Crippen LogP contribution >= 0.6 is 0 Å². The largest absolute Gasteiger partial charge is 0.396 e. The third-order valence-electron chi connectivity index (χ3n) is 3.06. The molecule has 0 bridgehead atoms. The zero-order valence-electron chi connectivity index (χ0n) is 11.2. The predicted molar refractivity (Wildman–Crippen MR) is 73.3 cm³/mol. The molecule has 2 N–H and O–H groups in total. The molecule has 0 saturated heterocycles. The van der Waals surface area contributed by atoms with Crippen LogP contribution in [-0.2, 0) is 0 Å². The van der Waals surface area contributed by atoms with E-state index in [0.29, 0.717) is 5.92 Å². The van der Waals surface area contributed by atoms with E-state index in [9.17, 15) is 0 Å². The third kappa shape index (κ3) is 4.49. The Hall–Kier alpha value is -0.860. The number of benzene rings is 1. The Morgan fingerprint density at radius 1 is 1.12 bits per heavy atom. The molecule has 1 aromatic rings. The van der Waals surface area contributed by atoms with Crippen LogP contribution in [0.4, 0.5) is 0 Å². The fourth-order valence-electron chi connectivity index (χ4n) is 1.95. The van der Waals surface area contributed by atoms with Gasteiger partial charge in [0.1, 0.15) is 0 Å². The number of rotatable bonds is 7. The molecule has 0 spiro atoms. The van der Waals surface area contributed by atoms with E-state index in [1.165, 1.54) is 11.1 Å². The van der Waals surface area contributed by atoms with Crippen LogP contribution < -0.4 is 5.32 Å². The van der Waals surface area contributed by atoms with Crippen molar-refractivity contribution in [2.24, 2.45) is 0 Å². The predicted octanol–water partition coefficient (Wildman–Crippen LogP) is 3.23. The van der Waals surface area contributed by atoms with Crippen LogP contribution in [0.2, 0.25) is 0 Å². The smallest absolute Gasteiger partial charge is 0.0449 e. The average Bonchev–Trinajstić information content (AvgIpc) is 2.34. The van der Waals surface area contributed by atoms with Gasteiger partial charge in [-0.05, 0) is 36.4 Å². The van der Waals surface area contributed by atoms with Crippen molar-refractivity contribution in [2.45, 2.75) is 45.6 Å². The second kappa shape index (κ2) is 7.46. The molecule has 0 amide bonds. The minimum Gasteiger partial charge on any atom is -0.396 e. The molecule has 0 aliphatic carbocycles. The molecule has 1 aromatic carbocycles. The van der Waals surface area contributed by atoms with E-state index < -0.39 is 0 Å². The molecule has 0 aliphatic heterocycles. The Labute approximate surface area is 105 Å². The zero-order valence-corrected chi connectivity index (χ0v) is 11.2. The summed E-state index contributed by atoms with van der Waals surface area (Å²) in [6.45, 7) is 7.79. The van der Waals surface area contributed by atoms with Crippen molar-refractivity contribution < 1.29 is 5.11 Å². The van der Waals surface area contributed by atoms with Crippen molar-refractivity contribution in [1.82, 2.24) is 5.32 Å². The van der Waals surface area contributed by atoms with Gasteiger partial charge in [0.25, 0.3) is 0 Å². The minimum absolute atomic E-state index is 0.229. The summed E-state index contributed by atoms with van der Waals surface area (Å²) in [6.07, 6.45) is 1.90. The Morgan fingerprint density at radius 3 is 2.18 bits per heavy atom. The highest BCUT2D eigenvalue weighted by atomic mass is 16.3. The highest BCUT2D eigenvalue weighted by molar-refractivity contribution is 5.26. The standard InChI is InChI=1S/C15H25NO/c1-4-10-16-15(9-11-17)14-7-5-13(6-8-14)12(2)3/h5-8,12,15-17H,4,9-11H2,1-3H3. The van der Waals surface area contributed by atoms with Gasteiger partial charge in [-0.3, -0.25) is 0 Å². The van der Waals surface area contributed by atoms with Crippen molar-refractivity contribution in [3.8, 4) is 0 Å². The summed E-state index contributed by atoms with van der Waals surface area (Å²) in [5.74, 6) is 0.573. The molecule has 0 aromatic heterocycles. The van der Waals surface area contributed by atoms with Crippen LogP contribution in [0.3, 0.4) is 0 Å². The maximum Gasteiger partial charge on any atom is 0.0449 e. The van der Waals surface area contributed by atoms with Crippen LogP contribution in [-0.4, -0.2) is 18.3 Å². The number of hydrogen-bond acceptors (Lipinski definition) is 2. The summed E-state index contributed by atoms with van der Waals surface area (Å²) in [5.41, 5.74) is 2.64. The first kappa shape index (κ1) is 14.2. The zero-order chi connectivity index (χ0) is 12.7. The number of nitrogens with one attached hydrogen (secondary N) is 1. The molecule has 17 heavy (non-hydrogen) atoms. The summed E-state index contributed by atoms with van der Waals surface area (Å²) in [6, 6.07) is 9.02. The molecule has 0 fully saturated rings.